The van der Waals surface area contributed by atoms with Crippen LogP contribution < -0.4 is 11.5 Å². The Balaban J connectivity index is 0.00000242. The molecule has 4 N–H and O–H groups in total. The van der Waals surface area contributed by atoms with Gasteiger partial charge in [0.15, 0.2) is 5.96 Å². The first-order valence-corrected chi connectivity index (χ1v) is 7.41. The number of aliphatic imine (C=N–C) groups is 1. The Morgan fingerprint density at radius 3 is 2.36 bits per heavy atom. The Labute approximate surface area is 137 Å². The fourth-order valence-electron chi connectivity index (χ4n) is 2.66. The minimum Gasteiger partial charge on any atom is -0.461 e. The summed E-state index contributed by atoms with van der Waals surface area (Å²) in [7, 11) is 0. The van der Waals surface area contributed by atoms with Crippen molar-refractivity contribution in [2.45, 2.75) is 32.3 Å². The largest absolute Gasteiger partial charge is 0.461 e. The lowest BCUT2D eigenvalue weighted by Crippen LogP contribution is -2.27. The van der Waals surface area contributed by atoms with Crippen LogP contribution in [0, 0.1) is 11.8 Å². The first-order chi connectivity index (χ1) is 10.1. The second-order valence-corrected chi connectivity index (χ2v) is 5.58. The van der Waals surface area contributed by atoms with Crippen molar-refractivity contribution in [3.05, 3.63) is 35.9 Å². The first-order valence-electron chi connectivity index (χ1n) is 7.41. The lowest BCUT2D eigenvalue weighted by atomic mass is 9.82. The molecule has 0 spiro atoms. The average molecular weight is 326 g/mol. The zero-order chi connectivity index (χ0) is 15.1. The van der Waals surface area contributed by atoms with Crippen molar-refractivity contribution in [1.82, 2.24) is 0 Å². The summed E-state index contributed by atoms with van der Waals surface area (Å²) in [6, 6.07) is 9.75. The Bertz CT molecular complexity index is 481. The number of hydrogen-bond donors (Lipinski definition) is 2. The molecule has 0 radical (unpaired) electrons. The van der Waals surface area contributed by atoms with E-state index in [-0.39, 0.29) is 30.3 Å². The maximum Gasteiger partial charge on any atom is 0.309 e. The Hall–Kier alpha value is -1.75. The van der Waals surface area contributed by atoms with E-state index in [0.717, 1.165) is 31.2 Å². The third kappa shape index (κ3) is 5.93. The maximum atomic E-state index is 12.1. The number of esters is 1. The molecule has 22 heavy (non-hydrogen) atoms. The number of carbonyl (C=O) groups excluding carboxylic acids is 1. The number of hydrogen-bond acceptors (Lipinski definition) is 3. The molecule has 0 amide bonds. The van der Waals surface area contributed by atoms with Crippen LogP contribution >= 0.6 is 12.4 Å². The molecule has 0 atom stereocenters. The van der Waals surface area contributed by atoms with Gasteiger partial charge in [-0.1, -0.05) is 30.3 Å². The number of guanidine groups is 1. The van der Waals surface area contributed by atoms with Gasteiger partial charge in [0.1, 0.15) is 6.61 Å². The topological polar surface area (TPSA) is 90.7 Å². The second-order valence-electron chi connectivity index (χ2n) is 5.58. The van der Waals surface area contributed by atoms with E-state index in [1.807, 2.05) is 30.3 Å². The monoisotopic (exact) mass is 325 g/mol. The fraction of sp³-hybridized carbons (Fsp3) is 0.500. The molecule has 0 bridgehead atoms. The highest BCUT2D eigenvalue weighted by Crippen LogP contribution is 2.30. The number of rotatable bonds is 5. The molecule has 1 aliphatic carbocycles. The summed E-state index contributed by atoms with van der Waals surface area (Å²) >= 11 is 0. The van der Waals surface area contributed by atoms with Crippen molar-refractivity contribution in [3.63, 3.8) is 0 Å². The van der Waals surface area contributed by atoms with Crippen LogP contribution in [-0.4, -0.2) is 18.5 Å². The zero-order valence-electron chi connectivity index (χ0n) is 12.6. The fourth-order valence-corrected chi connectivity index (χ4v) is 2.66. The maximum absolute atomic E-state index is 12.1. The molecule has 0 unspecified atom stereocenters. The number of carbonyl (C=O) groups is 1. The van der Waals surface area contributed by atoms with Crippen molar-refractivity contribution in [2.75, 3.05) is 6.54 Å². The normalized spacial score (nSPS) is 20.5. The van der Waals surface area contributed by atoms with Crippen molar-refractivity contribution < 1.29 is 9.53 Å². The van der Waals surface area contributed by atoms with Crippen LogP contribution in [0.2, 0.25) is 0 Å². The molecule has 122 valence electrons. The molecule has 5 nitrogen and oxygen atoms in total. The summed E-state index contributed by atoms with van der Waals surface area (Å²) in [6.07, 6.45) is 3.67. The smallest absolute Gasteiger partial charge is 0.309 e. The van der Waals surface area contributed by atoms with Gasteiger partial charge in [0.05, 0.1) is 5.92 Å². The number of nitrogens with two attached hydrogens (primary N) is 2. The van der Waals surface area contributed by atoms with Gasteiger partial charge < -0.3 is 16.2 Å². The van der Waals surface area contributed by atoms with Gasteiger partial charge in [-0.15, -0.1) is 12.4 Å². The number of benzene rings is 1. The molecule has 1 saturated carbocycles. The molecule has 2 rings (SSSR count). The van der Waals surface area contributed by atoms with Gasteiger partial charge in [0.25, 0.3) is 0 Å². The molecule has 1 aliphatic rings. The van der Waals surface area contributed by atoms with Crippen LogP contribution in [0.4, 0.5) is 0 Å². The predicted octanol–water partition coefficient (Wildman–Crippen LogP) is 2.23. The van der Waals surface area contributed by atoms with E-state index in [1.165, 1.54) is 0 Å². The quantitative estimate of drug-likeness (QED) is 0.493. The van der Waals surface area contributed by atoms with Gasteiger partial charge in [-0.05, 0) is 37.2 Å². The molecular weight excluding hydrogens is 302 g/mol. The second kappa shape index (κ2) is 9.30. The van der Waals surface area contributed by atoms with Gasteiger partial charge in [-0.25, -0.2) is 0 Å². The van der Waals surface area contributed by atoms with Crippen LogP contribution in [0.5, 0.6) is 0 Å². The van der Waals surface area contributed by atoms with E-state index in [2.05, 4.69) is 4.99 Å². The SMILES string of the molecule is Cl.NC(N)=NCC1CCC(C(=O)OCc2ccccc2)CC1. The summed E-state index contributed by atoms with van der Waals surface area (Å²) in [5.74, 6) is 0.549. The van der Waals surface area contributed by atoms with E-state index < -0.39 is 0 Å². The van der Waals surface area contributed by atoms with Gasteiger partial charge in [0, 0.05) is 6.54 Å². The highest BCUT2D eigenvalue weighted by molar-refractivity contribution is 5.85. The molecule has 0 heterocycles. The number of halogens is 1. The number of ether oxygens (including phenoxy) is 1. The highest BCUT2D eigenvalue weighted by Gasteiger charge is 2.27. The van der Waals surface area contributed by atoms with Crippen LogP contribution in [-0.2, 0) is 16.1 Å². The molecule has 0 saturated heterocycles. The van der Waals surface area contributed by atoms with Gasteiger partial charge in [-0.2, -0.15) is 0 Å². The van der Waals surface area contributed by atoms with E-state index in [9.17, 15) is 4.79 Å². The van der Waals surface area contributed by atoms with Crippen molar-refractivity contribution in [3.8, 4) is 0 Å². The molecule has 6 heteroatoms. The summed E-state index contributed by atoms with van der Waals surface area (Å²) in [5, 5.41) is 0. The highest BCUT2D eigenvalue weighted by atomic mass is 35.5. The first kappa shape index (κ1) is 18.3. The number of nitrogens with zero attached hydrogens (tertiary/aromatic N) is 1. The third-order valence-electron chi connectivity index (χ3n) is 3.94. The molecule has 0 aromatic heterocycles. The van der Waals surface area contributed by atoms with Crippen molar-refractivity contribution >= 4 is 24.3 Å². The van der Waals surface area contributed by atoms with Gasteiger partial charge >= 0.3 is 5.97 Å². The summed E-state index contributed by atoms with van der Waals surface area (Å²) < 4.78 is 5.39. The van der Waals surface area contributed by atoms with E-state index in [0.29, 0.717) is 19.1 Å². The lowest BCUT2D eigenvalue weighted by Gasteiger charge is -2.26. The van der Waals surface area contributed by atoms with E-state index in [4.69, 9.17) is 16.2 Å². The molecule has 0 aliphatic heterocycles. The van der Waals surface area contributed by atoms with E-state index >= 15 is 0 Å². The standard InChI is InChI=1S/C16H23N3O2.ClH/c17-16(18)19-10-12-6-8-14(9-7-12)15(20)21-11-13-4-2-1-3-5-13;/h1-5,12,14H,6-11H2,(H4,17,18,19);1H. The minimum atomic E-state index is -0.0841. The third-order valence-corrected chi connectivity index (χ3v) is 3.94. The Morgan fingerprint density at radius 1 is 1.14 bits per heavy atom. The Kier molecular flexibility index (Phi) is 7.74. The lowest BCUT2D eigenvalue weighted by molar-refractivity contribution is -0.151. The molecular formula is C16H24ClN3O2. The van der Waals surface area contributed by atoms with Crippen molar-refractivity contribution in [1.29, 1.82) is 0 Å². The summed E-state index contributed by atoms with van der Waals surface area (Å²) in [6.45, 7) is 1.02. The minimum absolute atomic E-state index is 0. The van der Waals surface area contributed by atoms with Crippen LogP contribution in [0.3, 0.4) is 0 Å². The molecule has 1 fully saturated rings. The predicted molar refractivity (Wildman–Crippen MR) is 89.6 cm³/mol. The van der Waals surface area contributed by atoms with E-state index in [1.54, 1.807) is 0 Å². The average Bonchev–Trinajstić information content (AvgIpc) is 2.52. The summed E-state index contributed by atoms with van der Waals surface area (Å²) in [4.78, 5) is 16.1. The van der Waals surface area contributed by atoms with Gasteiger partial charge in [-0.3, -0.25) is 9.79 Å². The Morgan fingerprint density at radius 2 is 1.77 bits per heavy atom. The van der Waals surface area contributed by atoms with Crippen LogP contribution in [0.25, 0.3) is 0 Å². The summed E-state index contributed by atoms with van der Waals surface area (Å²) in [5.41, 5.74) is 11.7. The van der Waals surface area contributed by atoms with Gasteiger partial charge in [0.2, 0.25) is 0 Å². The molecule has 1 aromatic carbocycles. The zero-order valence-corrected chi connectivity index (χ0v) is 13.4. The van der Waals surface area contributed by atoms with Crippen LogP contribution in [0.15, 0.2) is 35.3 Å². The van der Waals surface area contributed by atoms with Crippen molar-refractivity contribution in [2.24, 2.45) is 28.3 Å². The van der Waals surface area contributed by atoms with Crippen LogP contribution in [0.1, 0.15) is 31.2 Å². The molecule has 1 aromatic rings.